The Balaban J connectivity index is 2.13. The van der Waals surface area contributed by atoms with Gasteiger partial charge in [-0.25, -0.2) is 17.9 Å². The minimum absolute atomic E-state index is 0.00592. The van der Waals surface area contributed by atoms with Crippen LogP contribution >= 0.6 is 11.6 Å². The number of nitrogens with one attached hydrogen (secondary N) is 2. The molecule has 1 aliphatic heterocycles. The number of amides is 3. The monoisotopic (exact) mass is 497 g/mol. The van der Waals surface area contributed by atoms with Crippen LogP contribution in [0.2, 0.25) is 5.02 Å². The lowest BCUT2D eigenvalue weighted by atomic mass is 9.92. The summed E-state index contributed by atoms with van der Waals surface area (Å²) in [6.45, 7) is 6.91. The molecule has 1 saturated heterocycles. The molecule has 0 aromatic heterocycles. The highest BCUT2D eigenvalue weighted by molar-refractivity contribution is 7.90. The molecule has 2 N–H and O–H groups in total. The van der Waals surface area contributed by atoms with E-state index in [1.807, 2.05) is 32.4 Å². The highest BCUT2D eigenvalue weighted by atomic mass is 35.5. The maximum atomic E-state index is 12.6. The maximum absolute atomic E-state index is 12.6. The lowest BCUT2D eigenvalue weighted by Gasteiger charge is -2.32. The van der Waals surface area contributed by atoms with Crippen molar-refractivity contribution >= 4 is 39.2 Å². The molecule has 0 bridgehead atoms. The molecular weight excluding hydrogens is 471 g/mol. The van der Waals surface area contributed by atoms with Crippen LogP contribution in [0.1, 0.15) is 63.5 Å². The molecule has 0 atom stereocenters. The summed E-state index contributed by atoms with van der Waals surface area (Å²) in [4.78, 5) is 24.5. The predicted molar refractivity (Wildman–Crippen MR) is 116 cm³/mol. The summed E-state index contributed by atoms with van der Waals surface area (Å²) >= 11 is 6.19. The van der Waals surface area contributed by atoms with Crippen molar-refractivity contribution in [2.24, 2.45) is 0 Å². The van der Waals surface area contributed by atoms with Gasteiger partial charge in [0.15, 0.2) is 0 Å². The molecule has 3 amide bonds. The number of anilines is 1. The van der Waals surface area contributed by atoms with Crippen molar-refractivity contribution in [3.8, 4) is 0 Å². The van der Waals surface area contributed by atoms with Gasteiger partial charge in [0.05, 0.1) is 5.25 Å². The second-order valence-corrected chi connectivity index (χ2v) is 10.8. The first-order valence-electron chi connectivity index (χ1n) is 10.2. The highest BCUT2D eigenvalue weighted by Crippen LogP contribution is 2.35. The van der Waals surface area contributed by atoms with Gasteiger partial charge in [0.2, 0.25) is 10.0 Å². The molecule has 0 unspecified atom stereocenters. The van der Waals surface area contributed by atoms with Gasteiger partial charge in [0.25, 0.3) is 0 Å². The van der Waals surface area contributed by atoms with E-state index in [1.54, 1.807) is 12.1 Å². The van der Waals surface area contributed by atoms with Gasteiger partial charge in [0, 0.05) is 23.8 Å². The summed E-state index contributed by atoms with van der Waals surface area (Å²) in [5.41, 5.74) is 1.96. The minimum Gasteiger partial charge on any atom is -0.335 e. The van der Waals surface area contributed by atoms with Gasteiger partial charge in [-0.3, -0.25) is 4.79 Å². The van der Waals surface area contributed by atoms with Crippen LogP contribution in [0.5, 0.6) is 0 Å². The Morgan fingerprint density at radius 2 is 1.53 bits per heavy atom. The molecule has 12 heteroatoms. The van der Waals surface area contributed by atoms with Crippen molar-refractivity contribution in [1.29, 1.82) is 0 Å². The third-order valence-corrected chi connectivity index (χ3v) is 7.33. The van der Waals surface area contributed by atoms with Crippen molar-refractivity contribution in [1.82, 2.24) is 9.62 Å². The number of carbonyl (C=O) groups is 2. The molecule has 1 aromatic rings. The summed E-state index contributed by atoms with van der Waals surface area (Å²) in [5.74, 6) is -2.01. The normalized spacial score (nSPS) is 15.9. The molecule has 0 saturated carbocycles. The Kier molecular flexibility index (Phi) is 8.09. The molecular formula is C20H27ClF3N3O4S. The lowest BCUT2D eigenvalue weighted by Crippen LogP contribution is -2.50. The molecule has 7 nitrogen and oxygen atoms in total. The standard InChI is InChI=1S/C20H27ClF3N3O4S/c1-11(2)15-9-13(21)10-16(12(3)4)17(15)25-19(29)26-32(30,31)14-5-7-27(8-6-14)18(28)20(22,23)24/h9-12,14H,5-8H2,1-4H3,(H2,25,26,29). The number of rotatable bonds is 5. The Hall–Kier alpha value is -2.01. The van der Waals surface area contributed by atoms with E-state index in [1.165, 1.54) is 0 Å². The van der Waals surface area contributed by atoms with E-state index in [-0.39, 0.29) is 37.8 Å². The second-order valence-electron chi connectivity index (χ2n) is 8.36. The van der Waals surface area contributed by atoms with Crippen molar-refractivity contribution < 1.29 is 31.2 Å². The third-order valence-electron chi connectivity index (χ3n) is 5.29. The number of halogens is 4. The number of nitrogens with zero attached hydrogens (tertiary/aromatic N) is 1. The van der Waals surface area contributed by atoms with E-state index in [0.29, 0.717) is 15.6 Å². The zero-order chi connectivity index (χ0) is 24.4. The number of likely N-dealkylation sites (tertiary alicyclic amines) is 1. The molecule has 180 valence electrons. The zero-order valence-electron chi connectivity index (χ0n) is 18.2. The van der Waals surface area contributed by atoms with Crippen LogP contribution in [0, 0.1) is 0 Å². The van der Waals surface area contributed by atoms with Crippen molar-refractivity contribution in [2.45, 2.75) is 63.8 Å². The van der Waals surface area contributed by atoms with Crippen LogP contribution in [-0.4, -0.2) is 49.8 Å². The fraction of sp³-hybridized carbons (Fsp3) is 0.600. The van der Waals surface area contributed by atoms with E-state index in [2.05, 4.69) is 5.32 Å². The van der Waals surface area contributed by atoms with Crippen molar-refractivity contribution in [3.63, 3.8) is 0 Å². The van der Waals surface area contributed by atoms with Gasteiger partial charge in [-0.1, -0.05) is 39.3 Å². The number of sulfonamides is 1. The summed E-state index contributed by atoms with van der Waals surface area (Å²) in [6, 6.07) is 2.44. The zero-order valence-corrected chi connectivity index (χ0v) is 19.8. The van der Waals surface area contributed by atoms with E-state index in [0.717, 1.165) is 11.1 Å². The van der Waals surface area contributed by atoms with Crippen LogP contribution in [0.3, 0.4) is 0 Å². The fourth-order valence-corrected chi connectivity index (χ4v) is 5.15. The summed E-state index contributed by atoms with van der Waals surface area (Å²) in [6.07, 6.45) is -5.43. The number of hydrogen-bond donors (Lipinski definition) is 2. The predicted octanol–water partition coefficient (Wildman–Crippen LogP) is 4.59. The number of alkyl halides is 3. The van der Waals surface area contributed by atoms with Crippen molar-refractivity contribution in [2.75, 3.05) is 18.4 Å². The first-order chi connectivity index (χ1) is 14.6. The highest BCUT2D eigenvalue weighted by Gasteiger charge is 2.44. The van der Waals surface area contributed by atoms with E-state index in [9.17, 15) is 31.2 Å². The van der Waals surface area contributed by atoms with Crippen LogP contribution in [0.25, 0.3) is 0 Å². The second kappa shape index (κ2) is 9.86. The summed E-state index contributed by atoms with van der Waals surface area (Å²) in [7, 11) is -4.17. The SMILES string of the molecule is CC(C)c1cc(Cl)cc(C(C)C)c1NC(=O)NS(=O)(=O)C1CCN(C(=O)C(F)(F)F)CC1. The Morgan fingerprint density at radius 3 is 1.94 bits per heavy atom. The maximum Gasteiger partial charge on any atom is 0.471 e. The van der Waals surface area contributed by atoms with Gasteiger partial charge in [-0.15, -0.1) is 0 Å². The molecule has 1 aromatic carbocycles. The van der Waals surface area contributed by atoms with E-state index < -0.39 is 33.4 Å². The Labute approximate surface area is 190 Å². The minimum atomic E-state index is -5.01. The molecule has 2 rings (SSSR count). The third kappa shape index (κ3) is 6.28. The molecule has 32 heavy (non-hydrogen) atoms. The van der Waals surface area contributed by atoms with Crippen LogP contribution in [0.15, 0.2) is 12.1 Å². The van der Waals surface area contributed by atoms with Gasteiger partial charge in [0.1, 0.15) is 0 Å². The smallest absolute Gasteiger partial charge is 0.335 e. The van der Waals surface area contributed by atoms with E-state index in [4.69, 9.17) is 11.6 Å². The van der Waals surface area contributed by atoms with Gasteiger partial charge in [-0.05, 0) is 47.9 Å². The van der Waals surface area contributed by atoms with Gasteiger partial charge in [-0.2, -0.15) is 13.2 Å². The van der Waals surface area contributed by atoms with Gasteiger partial charge >= 0.3 is 18.1 Å². The average molecular weight is 498 g/mol. The Morgan fingerprint density at radius 1 is 1.06 bits per heavy atom. The first-order valence-corrected chi connectivity index (χ1v) is 12.1. The lowest BCUT2D eigenvalue weighted by molar-refractivity contribution is -0.186. The largest absolute Gasteiger partial charge is 0.471 e. The fourth-order valence-electron chi connectivity index (χ4n) is 3.60. The van der Waals surface area contributed by atoms with Crippen LogP contribution in [-0.2, 0) is 14.8 Å². The van der Waals surface area contributed by atoms with Crippen molar-refractivity contribution in [3.05, 3.63) is 28.3 Å². The number of piperidine rings is 1. The summed E-state index contributed by atoms with van der Waals surface area (Å²) in [5, 5.41) is 2.01. The number of urea groups is 1. The molecule has 1 heterocycles. The molecule has 0 spiro atoms. The molecule has 1 fully saturated rings. The van der Waals surface area contributed by atoms with Crippen LogP contribution in [0.4, 0.5) is 23.7 Å². The summed E-state index contributed by atoms with van der Waals surface area (Å²) < 4.78 is 64.9. The number of hydrogen-bond acceptors (Lipinski definition) is 4. The number of carbonyl (C=O) groups excluding carboxylic acids is 2. The topological polar surface area (TPSA) is 95.6 Å². The number of benzene rings is 1. The Bertz CT molecular complexity index is 944. The average Bonchev–Trinajstić information content (AvgIpc) is 2.67. The van der Waals surface area contributed by atoms with Crippen LogP contribution < -0.4 is 10.0 Å². The van der Waals surface area contributed by atoms with Gasteiger partial charge < -0.3 is 10.2 Å². The molecule has 0 radical (unpaired) electrons. The quantitative estimate of drug-likeness (QED) is 0.622. The first kappa shape index (κ1) is 26.2. The van der Waals surface area contributed by atoms with E-state index >= 15 is 0 Å². The molecule has 1 aliphatic rings. The molecule has 0 aliphatic carbocycles.